The Morgan fingerprint density at radius 3 is 1.55 bits per heavy atom. The number of unbranched alkanes of at least 4 members (excludes halogenated alkanes) is 25. The Kier molecular flexibility index (Phi) is 29.3. The van der Waals surface area contributed by atoms with E-state index in [-0.39, 0.29) is 34.5 Å². The van der Waals surface area contributed by atoms with Gasteiger partial charge in [0.05, 0.1) is 22.5 Å². The number of benzene rings is 2. The summed E-state index contributed by atoms with van der Waals surface area (Å²) in [7, 11) is 0. The first-order valence-corrected chi connectivity index (χ1v) is 29.0. The number of nitrogens with one attached hydrogen (secondary N) is 2. The number of hydrogen-bond acceptors (Lipinski definition) is 5. The molecule has 2 aromatic rings. The number of rotatable bonds is 39. The SMILES string of the molecule is CCCCCCCCCCCCCC(=O)NC1=CC(=[N+](\CC)Cc2ccccc2)/C=CC/1=C1/C(=O)C(c2ccc(N(CC)CCCCCCCC)cc2NC(=O)CCCCCCCCCCCCC)=C1O. The smallest absolute Gasteiger partial charge is 0.224 e. The van der Waals surface area contributed by atoms with Gasteiger partial charge in [0.25, 0.3) is 0 Å². The average Bonchev–Trinajstić information content (AvgIpc) is 3.37. The normalized spacial score (nSPS) is 15.2. The van der Waals surface area contributed by atoms with Crippen molar-refractivity contribution in [1.29, 1.82) is 0 Å². The first-order chi connectivity index (χ1) is 34.8. The van der Waals surface area contributed by atoms with Crippen LogP contribution in [0.4, 0.5) is 11.4 Å². The first kappa shape index (κ1) is 58.8. The van der Waals surface area contributed by atoms with E-state index in [9.17, 15) is 19.5 Å². The second-order valence-corrected chi connectivity index (χ2v) is 20.4. The molecule has 0 bridgehead atoms. The van der Waals surface area contributed by atoms with Crippen molar-refractivity contribution in [1.82, 2.24) is 5.32 Å². The first-order valence-electron chi connectivity index (χ1n) is 29.0. The van der Waals surface area contributed by atoms with E-state index >= 15 is 0 Å². The lowest BCUT2D eigenvalue weighted by Gasteiger charge is -2.29. The summed E-state index contributed by atoms with van der Waals surface area (Å²) in [5, 5.41) is 18.4. The molecule has 0 unspecified atom stereocenters. The summed E-state index contributed by atoms with van der Waals surface area (Å²) >= 11 is 0. The number of carbonyl (C=O) groups excluding carboxylic acids is 3. The number of hydrogen-bond donors (Lipinski definition) is 3. The fraction of sp³-hybridized carbons (Fsp3) is 0.619. The molecule has 0 heterocycles. The summed E-state index contributed by atoms with van der Waals surface area (Å²) in [4.78, 5) is 44.3. The predicted octanol–water partition coefficient (Wildman–Crippen LogP) is 16.6. The molecule has 0 saturated heterocycles. The van der Waals surface area contributed by atoms with E-state index in [1.54, 1.807) is 0 Å². The van der Waals surface area contributed by atoms with Crippen LogP contribution in [0.2, 0.25) is 0 Å². The number of anilines is 2. The molecule has 2 amide bonds. The summed E-state index contributed by atoms with van der Waals surface area (Å²) in [5.74, 6) is -0.598. The molecule has 71 heavy (non-hydrogen) atoms. The molecule has 2 aliphatic carbocycles. The molecule has 2 aliphatic rings. The lowest BCUT2D eigenvalue weighted by Crippen LogP contribution is -2.31. The van der Waals surface area contributed by atoms with Gasteiger partial charge in [-0.2, -0.15) is 0 Å². The van der Waals surface area contributed by atoms with E-state index in [1.807, 2.05) is 54.6 Å². The molecular weight excluding hydrogens is 877 g/mol. The summed E-state index contributed by atoms with van der Waals surface area (Å²) in [6.45, 7) is 14.2. The minimum atomic E-state index is -0.305. The standard InChI is InChI=1S/C63H96N4O4/c1-6-11-14-17-20-22-24-26-28-30-36-41-58(68)64-56-48-52(66(9-4)47-38-32-19-16-13-8-3)43-45-54(56)60-62(70)61(63(60)71)55-46-44-53(67(10-5)50-51-39-34-33-35-40-51)49-57(55)65-59(69)42-37-31-29-27-25-23-21-18-15-12-7-2/h33-35,39-40,43-46,48-49H,6-32,36-38,41-42,47,50H2,1-5H3,(H2,64,65,68,69,70,71)/p+1. The molecule has 0 aliphatic heterocycles. The van der Waals surface area contributed by atoms with Crippen molar-refractivity contribution in [3.8, 4) is 0 Å². The molecule has 392 valence electrons. The molecular formula is C63H97N4O4+. The lowest BCUT2D eigenvalue weighted by molar-refractivity contribution is -0.539. The number of Topliss-reactive ketones (excluding diaryl/α,β-unsaturated/α-hetero) is 1. The molecule has 0 radical (unpaired) electrons. The number of ketones is 1. The molecule has 0 saturated carbocycles. The van der Waals surface area contributed by atoms with E-state index in [2.05, 4.69) is 66.9 Å². The van der Waals surface area contributed by atoms with Crippen LogP contribution in [-0.2, 0) is 20.9 Å². The van der Waals surface area contributed by atoms with Crippen LogP contribution in [0.5, 0.6) is 0 Å². The number of aliphatic hydroxyl groups excluding tert-OH is 1. The Hall–Kier alpha value is -4.72. The fourth-order valence-electron chi connectivity index (χ4n) is 10.1. The van der Waals surface area contributed by atoms with Gasteiger partial charge in [-0.1, -0.05) is 212 Å². The highest BCUT2D eigenvalue weighted by molar-refractivity contribution is 6.40. The zero-order valence-electron chi connectivity index (χ0n) is 45.5. The van der Waals surface area contributed by atoms with Crippen molar-refractivity contribution in [2.75, 3.05) is 29.9 Å². The zero-order chi connectivity index (χ0) is 50.9. The maximum atomic E-state index is 14.6. The van der Waals surface area contributed by atoms with Crippen LogP contribution in [0.15, 0.2) is 89.4 Å². The largest absolute Gasteiger partial charge is 0.506 e. The number of allylic oxidation sites excluding steroid dienone is 5. The van der Waals surface area contributed by atoms with E-state index < -0.39 is 0 Å². The van der Waals surface area contributed by atoms with Crippen LogP contribution in [0.25, 0.3) is 5.57 Å². The minimum Gasteiger partial charge on any atom is -0.506 e. The highest BCUT2D eigenvalue weighted by Gasteiger charge is 2.40. The number of nitrogens with zero attached hydrogens (tertiary/aromatic N) is 2. The Balaban J connectivity index is 1.55. The van der Waals surface area contributed by atoms with E-state index in [0.717, 1.165) is 76.0 Å². The average molecular weight is 974 g/mol. The van der Waals surface area contributed by atoms with Gasteiger partial charge in [-0.3, -0.25) is 14.4 Å². The van der Waals surface area contributed by atoms with Gasteiger partial charge in [-0.05, 0) is 57.4 Å². The van der Waals surface area contributed by atoms with Crippen LogP contribution in [0, 0.1) is 0 Å². The van der Waals surface area contributed by atoms with Crippen molar-refractivity contribution < 1.29 is 24.1 Å². The van der Waals surface area contributed by atoms with Crippen LogP contribution < -0.4 is 15.5 Å². The third kappa shape index (κ3) is 21.1. The second kappa shape index (κ2) is 35.4. The predicted molar refractivity (Wildman–Crippen MR) is 301 cm³/mol. The maximum Gasteiger partial charge on any atom is 0.224 e. The van der Waals surface area contributed by atoms with Gasteiger partial charge >= 0.3 is 0 Å². The molecule has 8 nitrogen and oxygen atoms in total. The van der Waals surface area contributed by atoms with Crippen LogP contribution in [0.3, 0.4) is 0 Å². The number of carbonyl (C=O) groups is 3. The van der Waals surface area contributed by atoms with Crippen molar-refractivity contribution in [3.05, 3.63) is 100 Å². The van der Waals surface area contributed by atoms with Gasteiger partial charge in [0.1, 0.15) is 12.3 Å². The molecule has 0 spiro atoms. The summed E-state index contributed by atoms with van der Waals surface area (Å²) in [5.41, 5.74) is 5.52. The number of amides is 2. The fourth-order valence-corrected chi connectivity index (χ4v) is 10.1. The zero-order valence-corrected chi connectivity index (χ0v) is 45.5. The van der Waals surface area contributed by atoms with Crippen molar-refractivity contribution in [2.24, 2.45) is 0 Å². The van der Waals surface area contributed by atoms with Gasteiger partial charge in [0, 0.05) is 60.5 Å². The maximum absolute atomic E-state index is 14.6. The molecule has 8 heteroatoms. The van der Waals surface area contributed by atoms with Crippen LogP contribution in [-0.4, -0.2) is 52.6 Å². The molecule has 0 aromatic heterocycles. The Bertz CT molecular complexity index is 2060. The lowest BCUT2D eigenvalue weighted by atomic mass is 9.78. The Morgan fingerprint density at radius 2 is 1.06 bits per heavy atom. The summed E-state index contributed by atoms with van der Waals surface area (Å²) < 4.78 is 2.24. The van der Waals surface area contributed by atoms with Gasteiger partial charge in [0.2, 0.25) is 23.3 Å². The van der Waals surface area contributed by atoms with E-state index in [0.29, 0.717) is 41.9 Å². The monoisotopic (exact) mass is 974 g/mol. The van der Waals surface area contributed by atoms with Crippen molar-refractivity contribution >= 4 is 40.3 Å². The Labute approximate surface area is 432 Å². The Morgan fingerprint density at radius 1 is 0.563 bits per heavy atom. The van der Waals surface area contributed by atoms with E-state index in [4.69, 9.17) is 0 Å². The minimum absolute atomic E-state index is 0.0799. The third-order valence-electron chi connectivity index (χ3n) is 14.5. The van der Waals surface area contributed by atoms with Gasteiger partial charge in [0.15, 0.2) is 6.54 Å². The van der Waals surface area contributed by atoms with E-state index in [1.165, 1.54) is 140 Å². The number of aliphatic hydroxyl groups is 1. The van der Waals surface area contributed by atoms with Crippen LogP contribution >= 0.6 is 0 Å². The summed E-state index contributed by atoms with van der Waals surface area (Å²) in [6.07, 6.45) is 40.5. The molecule has 0 fully saturated rings. The van der Waals surface area contributed by atoms with Gasteiger partial charge < -0.3 is 20.6 Å². The molecule has 3 N–H and O–H groups in total. The van der Waals surface area contributed by atoms with Crippen molar-refractivity contribution in [2.45, 2.75) is 234 Å². The summed E-state index contributed by atoms with van der Waals surface area (Å²) in [6, 6.07) is 16.2. The molecule has 2 aromatic carbocycles. The highest BCUT2D eigenvalue weighted by Crippen LogP contribution is 2.43. The highest BCUT2D eigenvalue weighted by atomic mass is 16.3. The molecule has 0 atom stereocenters. The molecule has 4 rings (SSSR count). The topological polar surface area (TPSA) is 102 Å². The van der Waals surface area contributed by atoms with Gasteiger partial charge in [-0.15, -0.1) is 0 Å². The van der Waals surface area contributed by atoms with Crippen LogP contribution in [0.1, 0.15) is 238 Å². The second-order valence-electron chi connectivity index (χ2n) is 20.4. The quantitative estimate of drug-likeness (QED) is 0.0352. The van der Waals surface area contributed by atoms with Gasteiger partial charge in [-0.25, -0.2) is 4.58 Å². The van der Waals surface area contributed by atoms with Crippen molar-refractivity contribution in [3.63, 3.8) is 0 Å². The third-order valence-corrected chi connectivity index (χ3v) is 14.5.